The molecule has 3 aromatic carbocycles. The van der Waals surface area contributed by atoms with E-state index >= 15 is 0 Å². The van der Waals surface area contributed by atoms with Gasteiger partial charge in [-0.3, -0.25) is 9.10 Å². The molecule has 0 atom stereocenters. The number of aryl methyl sites for hydroxylation is 1. The standard InChI is InChI=1S/C23H21F3N2O4S/c1-2-17-8-6-7-11-21(17)28(33(30,31)20-9-4-3-5-10-20)16-22(29)27-18-12-14-19(15-13-18)32-23(24,25)26/h3-15H,2,16H2,1H3,(H,27,29). The third kappa shape index (κ3) is 6.26. The molecule has 1 N–H and O–H groups in total. The number of benzene rings is 3. The topological polar surface area (TPSA) is 75.7 Å². The Balaban J connectivity index is 1.87. The number of anilines is 2. The molecule has 0 radical (unpaired) electrons. The average molecular weight is 478 g/mol. The molecule has 0 saturated heterocycles. The quantitative estimate of drug-likeness (QED) is 0.496. The van der Waals surface area contributed by atoms with Gasteiger partial charge in [0.2, 0.25) is 5.91 Å². The second-order valence-electron chi connectivity index (χ2n) is 6.93. The third-order valence-electron chi connectivity index (χ3n) is 4.63. The molecule has 0 aliphatic heterocycles. The zero-order chi connectivity index (χ0) is 24.1. The average Bonchev–Trinajstić information content (AvgIpc) is 2.78. The first-order chi connectivity index (χ1) is 15.6. The number of carbonyl (C=O) groups is 1. The molecule has 3 rings (SSSR count). The van der Waals surface area contributed by atoms with E-state index in [0.29, 0.717) is 12.1 Å². The van der Waals surface area contributed by atoms with Crippen molar-refractivity contribution in [2.45, 2.75) is 24.6 Å². The van der Waals surface area contributed by atoms with E-state index in [1.165, 1.54) is 24.3 Å². The van der Waals surface area contributed by atoms with Crippen LogP contribution in [0.25, 0.3) is 0 Å². The Morgan fingerprint density at radius 3 is 2.15 bits per heavy atom. The molecule has 0 heterocycles. The third-order valence-corrected chi connectivity index (χ3v) is 6.41. The molecule has 33 heavy (non-hydrogen) atoms. The van der Waals surface area contributed by atoms with E-state index in [0.717, 1.165) is 22.0 Å². The first-order valence-corrected chi connectivity index (χ1v) is 11.4. The van der Waals surface area contributed by atoms with Crippen molar-refractivity contribution in [3.63, 3.8) is 0 Å². The molecular formula is C23H21F3N2O4S. The molecule has 0 aromatic heterocycles. The zero-order valence-corrected chi connectivity index (χ0v) is 18.4. The van der Waals surface area contributed by atoms with Crippen LogP contribution in [0.2, 0.25) is 0 Å². The fourth-order valence-electron chi connectivity index (χ4n) is 3.14. The molecule has 174 valence electrons. The van der Waals surface area contributed by atoms with Crippen LogP contribution in [0.3, 0.4) is 0 Å². The number of rotatable bonds is 8. The van der Waals surface area contributed by atoms with Crippen LogP contribution in [-0.4, -0.2) is 27.2 Å². The van der Waals surface area contributed by atoms with Crippen LogP contribution >= 0.6 is 0 Å². The first kappa shape index (κ1) is 24.1. The lowest BCUT2D eigenvalue weighted by molar-refractivity contribution is -0.274. The predicted octanol–water partition coefficient (Wildman–Crippen LogP) is 4.98. The van der Waals surface area contributed by atoms with E-state index in [1.54, 1.807) is 42.5 Å². The first-order valence-electron chi connectivity index (χ1n) is 9.91. The van der Waals surface area contributed by atoms with E-state index in [9.17, 15) is 26.4 Å². The van der Waals surface area contributed by atoms with Crippen molar-refractivity contribution in [3.8, 4) is 5.75 Å². The number of halogens is 3. The fourth-order valence-corrected chi connectivity index (χ4v) is 4.62. The second-order valence-corrected chi connectivity index (χ2v) is 8.79. The van der Waals surface area contributed by atoms with Gasteiger partial charge in [0, 0.05) is 5.69 Å². The molecule has 10 heteroatoms. The molecular weight excluding hydrogens is 457 g/mol. The van der Waals surface area contributed by atoms with Gasteiger partial charge in [0.25, 0.3) is 10.0 Å². The maximum absolute atomic E-state index is 13.4. The largest absolute Gasteiger partial charge is 0.573 e. The molecule has 0 spiro atoms. The highest BCUT2D eigenvalue weighted by Crippen LogP contribution is 2.28. The van der Waals surface area contributed by atoms with E-state index in [2.05, 4.69) is 10.1 Å². The maximum atomic E-state index is 13.4. The van der Waals surface area contributed by atoms with E-state index in [1.807, 2.05) is 6.92 Å². The van der Waals surface area contributed by atoms with Crippen LogP contribution in [0.1, 0.15) is 12.5 Å². The summed E-state index contributed by atoms with van der Waals surface area (Å²) in [6.07, 6.45) is -4.29. The summed E-state index contributed by atoms with van der Waals surface area (Å²) in [6.45, 7) is 1.34. The van der Waals surface area contributed by atoms with Gasteiger partial charge in [0.05, 0.1) is 10.6 Å². The lowest BCUT2D eigenvalue weighted by atomic mass is 10.1. The lowest BCUT2D eigenvalue weighted by Crippen LogP contribution is -2.38. The van der Waals surface area contributed by atoms with Crippen LogP contribution < -0.4 is 14.4 Å². The molecule has 0 bridgehead atoms. The molecule has 1 amide bonds. The number of para-hydroxylation sites is 1. The zero-order valence-electron chi connectivity index (χ0n) is 17.5. The van der Waals surface area contributed by atoms with Gasteiger partial charge in [0.15, 0.2) is 0 Å². The predicted molar refractivity (Wildman–Crippen MR) is 119 cm³/mol. The highest BCUT2D eigenvalue weighted by molar-refractivity contribution is 7.92. The molecule has 0 aliphatic rings. The second kappa shape index (κ2) is 9.95. The molecule has 6 nitrogen and oxygen atoms in total. The summed E-state index contributed by atoms with van der Waals surface area (Å²) >= 11 is 0. The number of alkyl halides is 3. The Morgan fingerprint density at radius 2 is 1.55 bits per heavy atom. The Bertz CT molecular complexity index is 1200. The highest BCUT2D eigenvalue weighted by atomic mass is 32.2. The summed E-state index contributed by atoms with van der Waals surface area (Å²) < 4.78 is 68.6. The van der Waals surface area contributed by atoms with Gasteiger partial charge in [-0.1, -0.05) is 43.3 Å². The summed E-state index contributed by atoms with van der Waals surface area (Å²) in [6, 6.07) is 19.1. The minimum Gasteiger partial charge on any atom is -0.406 e. The summed E-state index contributed by atoms with van der Waals surface area (Å²) in [5.74, 6) is -1.10. The molecule has 0 unspecified atom stereocenters. The number of nitrogens with one attached hydrogen (secondary N) is 1. The molecule has 0 aliphatic carbocycles. The number of hydrogen-bond acceptors (Lipinski definition) is 4. The summed E-state index contributed by atoms with van der Waals surface area (Å²) in [5.41, 5.74) is 1.29. The normalized spacial score (nSPS) is 11.6. The van der Waals surface area contributed by atoms with Crippen molar-refractivity contribution in [2.24, 2.45) is 0 Å². The van der Waals surface area contributed by atoms with Gasteiger partial charge >= 0.3 is 6.36 Å². The van der Waals surface area contributed by atoms with Crippen LogP contribution in [0.4, 0.5) is 24.5 Å². The van der Waals surface area contributed by atoms with Crippen molar-refractivity contribution in [1.82, 2.24) is 0 Å². The summed E-state index contributed by atoms with van der Waals surface area (Å²) in [7, 11) is -4.07. The van der Waals surface area contributed by atoms with E-state index < -0.39 is 34.6 Å². The monoisotopic (exact) mass is 478 g/mol. The number of amides is 1. The van der Waals surface area contributed by atoms with Crippen LogP contribution in [-0.2, 0) is 21.2 Å². The number of sulfonamides is 1. The number of carbonyl (C=O) groups excluding carboxylic acids is 1. The van der Waals surface area contributed by atoms with Gasteiger partial charge in [-0.15, -0.1) is 13.2 Å². The van der Waals surface area contributed by atoms with Crippen molar-refractivity contribution >= 4 is 27.3 Å². The molecule has 0 saturated carbocycles. The van der Waals surface area contributed by atoms with E-state index in [-0.39, 0.29) is 10.6 Å². The van der Waals surface area contributed by atoms with Gasteiger partial charge in [-0.2, -0.15) is 0 Å². The Labute approximate surface area is 189 Å². The van der Waals surface area contributed by atoms with Crippen molar-refractivity contribution in [2.75, 3.05) is 16.2 Å². The summed E-state index contributed by atoms with van der Waals surface area (Å²) in [4.78, 5) is 12.8. The van der Waals surface area contributed by atoms with E-state index in [4.69, 9.17) is 0 Å². The number of nitrogens with zero attached hydrogens (tertiary/aromatic N) is 1. The van der Waals surface area contributed by atoms with Gasteiger partial charge in [0.1, 0.15) is 12.3 Å². The minimum absolute atomic E-state index is 0.0253. The Morgan fingerprint density at radius 1 is 0.939 bits per heavy atom. The SMILES string of the molecule is CCc1ccccc1N(CC(=O)Nc1ccc(OC(F)(F)F)cc1)S(=O)(=O)c1ccccc1. The van der Waals surface area contributed by atoms with Crippen LogP contribution in [0.5, 0.6) is 5.75 Å². The number of hydrogen-bond donors (Lipinski definition) is 1. The lowest BCUT2D eigenvalue weighted by Gasteiger charge is -2.26. The van der Waals surface area contributed by atoms with Gasteiger partial charge in [-0.05, 0) is 54.4 Å². The van der Waals surface area contributed by atoms with Gasteiger partial charge in [-0.25, -0.2) is 8.42 Å². The van der Waals surface area contributed by atoms with Crippen molar-refractivity contribution in [3.05, 3.63) is 84.4 Å². The minimum atomic E-state index is -4.83. The summed E-state index contributed by atoms with van der Waals surface area (Å²) in [5, 5.41) is 2.51. The Hall–Kier alpha value is -3.53. The van der Waals surface area contributed by atoms with Crippen molar-refractivity contribution < 1.29 is 31.1 Å². The van der Waals surface area contributed by atoms with Crippen LogP contribution in [0, 0.1) is 0 Å². The molecule has 3 aromatic rings. The maximum Gasteiger partial charge on any atom is 0.573 e. The smallest absolute Gasteiger partial charge is 0.406 e. The molecule has 0 fully saturated rings. The number of ether oxygens (including phenoxy) is 1. The van der Waals surface area contributed by atoms with Gasteiger partial charge < -0.3 is 10.1 Å². The Kier molecular flexibility index (Phi) is 7.27. The highest BCUT2D eigenvalue weighted by Gasteiger charge is 2.31. The van der Waals surface area contributed by atoms with Crippen LogP contribution in [0.15, 0.2) is 83.8 Å². The van der Waals surface area contributed by atoms with Crippen molar-refractivity contribution in [1.29, 1.82) is 0 Å². The fraction of sp³-hybridized carbons (Fsp3) is 0.174.